The summed E-state index contributed by atoms with van der Waals surface area (Å²) in [6, 6.07) is 23.0. The molecular formula is C17H13Cl. The van der Waals surface area contributed by atoms with E-state index in [0.717, 1.165) is 11.4 Å². The van der Waals surface area contributed by atoms with Crippen molar-refractivity contribution in [3.8, 4) is 0 Å². The van der Waals surface area contributed by atoms with Gasteiger partial charge in [0.05, 0.1) is 0 Å². The fourth-order valence-electron chi connectivity index (χ4n) is 2.31. The van der Waals surface area contributed by atoms with Crippen molar-refractivity contribution in [2.75, 3.05) is 0 Å². The molecule has 88 valence electrons. The Morgan fingerprint density at radius 1 is 0.778 bits per heavy atom. The first kappa shape index (κ1) is 11.3. The number of fused-ring (bicyclic) bond motifs is 1. The standard InChI is InChI=1S/C17H13Cl/c18-16-9-3-5-13(12-16)11-15-8-4-7-14-6-1-2-10-17(14)15/h1-10,12H,11H2. The van der Waals surface area contributed by atoms with Gasteiger partial charge in [-0.3, -0.25) is 0 Å². The van der Waals surface area contributed by atoms with E-state index in [1.807, 2.05) is 18.2 Å². The maximum atomic E-state index is 6.03. The molecule has 3 aromatic rings. The molecule has 0 N–H and O–H groups in total. The molecule has 1 heteroatoms. The summed E-state index contributed by atoms with van der Waals surface area (Å²) in [4.78, 5) is 0. The van der Waals surface area contributed by atoms with E-state index in [-0.39, 0.29) is 0 Å². The summed E-state index contributed by atoms with van der Waals surface area (Å²) in [7, 11) is 0. The molecule has 0 saturated carbocycles. The SMILES string of the molecule is Clc1cccc(Cc2cccc3ccccc23)c1. The zero-order valence-electron chi connectivity index (χ0n) is 9.94. The van der Waals surface area contributed by atoms with Crippen LogP contribution in [0.2, 0.25) is 5.02 Å². The third kappa shape index (κ3) is 2.25. The molecule has 0 amide bonds. The molecule has 18 heavy (non-hydrogen) atoms. The lowest BCUT2D eigenvalue weighted by Gasteiger charge is -2.07. The highest BCUT2D eigenvalue weighted by atomic mass is 35.5. The van der Waals surface area contributed by atoms with Crippen molar-refractivity contribution in [2.45, 2.75) is 6.42 Å². The van der Waals surface area contributed by atoms with E-state index in [1.165, 1.54) is 21.9 Å². The van der Waals surface area contributed by atoms with Crippen LogP contribution in [0.3, 0.4) is 0 Å². The third-order valence-electron chi connectivity index (χ3n) is 3.16. The molecular weight excluding hydrogens is 240 g/mol. The minimum atomic E-state index is 0.799. The topological polar surface area (TPSA) is 0 Å². The van der Waals surface area contributed by atoms with Gasteiger partial charge in [0.25, 0.3) is 0 Å². The van der Waals surface area contributed by atoms with Crippen LogP contribution in [0.15, 0.2) is 66.7 Å². The monoisotopic (exact) mass is 252 g/mol. The second-order valence-corrected chi connectivity index (χ2v) is 4.88. The van der Waals surface area contributed by atoms with E-state index in [0.29, 0.717) is 0 Å². The molecule has 0 nitrogen and oxygen atoms in total. The van der Waals surface area contributed by atoms with Gasteiger partial charge in [-0.1, -0.05) is 66.2 Å². The second-order valence-electron chi connectivity index (χ2n) is 4.44. The molecule has 0 fully saturated rings. The first-order chi connectivity index (χ1) is 8.83. The van der Waals surface area contributed by atoms with Gasteiger partial charge in [0.15, 0.2) is 0 Å². The van der Waals surface area contributed by atoms with Crippen molar-refractivity contribution >= 4 is 22.4 Å². The van der Waals surface area contributed by atoms with E-state index < -0.39 is 0 Å². The van der Waals surface area contributed by atoms with Gasteiger partial charge < -0.3 is 0 Å². The molecule has 0 saturated heterocycles. The molecule has 0 atom stereocenters. The van der Waals surface area contributed by atoms with Crippen molar-refractivity contribution < 1.29 is 0 Å². The zero-order valence-corrected chi connectivity index (χ0v) is 10.7. The first-order valence-electron chi connectivity index (χ1n) is 6.04. The highest BCUT2D eigenvalue weighted by Crippen LogP contribution is 2.22. The Morgan fingerprint density at radius 3 is 2.44 bits per heavy atom. The van der Waals surface area contributed by atoms with Crippen LogP contribution in [-0.2, 0) is 6.42 Å². The van der Waals surface area contributed by atoms with E-state index in [2.05, 4.69) is 48.5 Å². The summed E-state index contributed by atoms with van der Waals surface area (Å²) < 4.78 is 0. The highest BCUT2D eigenvalue weighted by molar-refractivity contribution is 6.30. The largest absolute Gasteiger partial charge is 0.0843 e. The summed E-state index contributed by atoms with van der Waals surface area (Å²) in [6.07, 6.45) is 0.919. The second kappa shape index (κ2) is 4.83. The van der Waals surface area contributed by atoms with Crippen molar-refractivity contribution in [2.24, 2.45) is 0 Å². The maximum Gasteiger partial charge on any atom is 0.0408 e. The summed E-state index contributed by atoms with van der Waals surface area (Å²) >= 11 is 6.03. The van der Waals surface area contributed by atoms with Crippen LogP contribution >= 0.6 is 11.6 Å². The third-order valence-corrected chi connectivity index (χ3v) is 3.40. The number of hydrogen-bond acceptors (Lipinski definition) is 0. The summed E-state index contributed by atoms with van der Waals surface area (Å²) in [5.74, 6) is 0. The van der Waals surface area contributed by atoms with Gasteiger partial charge >= 0.3 is 0 Å². The van der Waals surface area contributed by atoms with Crippen LogP contribution in [-0.4, -0.2) is 0 Å². The molecule has 0 aliphatic rings. The molecule has 0 spiro atoms. The van der Waals surface area contributed by atoms with Crippen LogP contribution in [0.5, 0.6) is 0 Å². The summed E-state index contributed by atoms with van der Waals surface area (Å²) in [5.41, 5.74) is 2.59. The Bertz CT molecular complexity index is 681. The fraction of sp³-hybridized carbons (Fsp3) is 0.0588. The van der Waals surface area contributed by atoms with Crippen LogP contribution < -0.4 is 0 Å². The van der Waals surface area contributed by atoms with Gasteiger partial charge in [-0.2, -0.15) is 0 Å². The average molecular weight is 253 g/mol. The molecule has 0 radical (unpaired) electrons. The predicted octanol–water partition coefficient (Wildman–Crippen LogP) is 5.08. The molecule has 0 unspecified atom stereocenters. The van der Waals surface area contributed by atoms with Crippen molar-refractivity contribution in [1.29, 1.82) is 0 Å². The predicted molar refractivity (Wildman–Crippen MR) is 78.2 cm³/mol. The van der Waals surface area contributed by atoms with Crippen molar-refractivity contribution in [3.63, 3.8) is 0 Å². The normalized spacial score (nSPS) is 10.7. The van der Waals surface area contributed by atoms with E-state index >= 15 is 0 Å². The van der Waals surface area contributed by atoms with Crippen LogP contribution in [0, 0.1) is 0 Å². The Labute approximate surface area is 112 Å². The number of rotatable bonds is 2. The van der Waals surface area contributed by atoms with Crippen molar-refractivity contribution in [1.82, 2.24) is 0 Å². The summed E-state index contributed by atoms with van der Waals surface area (Å²) in [6.45, 7) is 0. The highest BCUT2D eigenvalue weighted by Gasteiger charge is 2.02. The van der Waals surface area contributed by atoms with Crippen LogP contribution in [0.4, 0.5) is 0 Å². The number of halogens is 1. The Kier molecular flexibility index (Phi) is 3.04. The number of benzene rings is 3. The maximum absolute atomic E-state index is 6.03. The molecule has 3 aromatic carbocycles. The Balaban J connectivity index is 2.05. The smallest absolute Gasteiger partial charge is 0.0408 e. The fourth-order valence-corrected chi connectivity index (χ4v) is 2.53. The Hall–Kier alpha value is -1.79. The summed E-state index contributed by atoms with van der Waals surface area (Å²) in [5, 5.41) is 3.41. The van der Waals surface area contributed by atoms with Gasteiger partial charge in [-0.05, 0) is 40.5 Å². The lowest BCUT2D eigenvalue weighted by atomic mass is 9.99. The molecule has 0 heterocycles. The molecule has 0 aliphatic carbocycles. The van der Waals surface area contributed by atoms with Gasteiger partial charge in [-0.15, -0.1) is 0 Å². The van der Waals surface area contributed by atoms with Gasteiger partial charge in [-0.25, -0.2) is 0 Å². The van der Waals surface area contributed by atoms with Gasteiger partial charge in [0, 0.05) is 5.02 Å². The molecule has 3 rings (SSSR count). The van der Waals surface area contributed by atoms with E-state index in [9.17, 15) is 0 Å². The minimum Gasteiger partial charge on any atom is -0.0843 e. The lowest BCUT2D eigenvalue weighted by molar-refractivity contribution is 1.21. The first-order valence-corrected chi connectivity index (χ1v) is 6.42. The molecule has 0 bridgehead atoms. The van der Waals surface area contributed by atoms with Crippen molar-refractivity contribution in [3.05, 3.63) is 82.9 Å². The van der Waals surface area contributed by atoms with Crippen LogP contribution in [0.25, 0.3) is 10.8 Å². The minimum absolute atomic E-state index is 0.799. The van der Waals surface area contributed by atoms with Crippen LogP contribution in [0.1, 0.15) is 11.1 Å². The number of hydrogen-bond donors (Lipinski definition) is 0. The Morgan fingerprint density at radius 2 is 1.56 bits per heavy atom. The van der Waals surface area contributed by atoms with Gasteiger partial charge in [0.1, 0.15) is 0 Å². The zero-order chi connectivity index (χ0) is 12.4. The average Bonchev–Trinajstić information content (AvgIpc) is 2.39. The van der Waals surface area contributed by atoms with E-state index in [4.69, 9.17) is 11.6 Å². The lowest BCUT2D eigenvalue weighted by Crippen LogP contribution is -1.89. The van der Waals surface area contributed by atoms with E-state index in [1.54, 1.807) is 0 Å². The quantitative estimate of drug-likeness (QED) is 0.596. The van der Waals surface area contributed by atoms with Gasteiger partial charge in [0.2, 0.25) is 0 Å². The molecule has 0 aromatic heterocycles. The molecule has 0 aliphatic heterocycles.